The second-order valence-corrected chi connectivity index (χ2v) is 3.55. The van der Waals surface area contributed by atoms with Crippen molar-refractivity contribution in [3.63, 3.8) is 0 Å². The van der Waals surface area contributed by atoms with Gasteiger partial charge in [-0.25, -0.2) is 0 Å². The number of nitrogens with zero attached hydrogens (tertiary/aromatic N) is 1. The lowest BCUT2D eigenvalue weighted by molar-refractivity contribution is -0.139. The lowest BCUT2D eigenvalue weighted by Crippen LogP contribution is -2.08. The molecule has 0 unspecified atom stereocenters. The summed E-state index contributed by atoms with van der Waals surface area (Å²) in [6, 6.07) is 5.40. The number of carbonyl (C=O) groups is 1. The molecule has 0 heterocycles. The number of carbonyl (C=O) groups excluding carboxylic acids is 1. The Morgan fingerprint density at radius 1 is 1.47 bits per heavy atom. The molecule has 0 radical (unpaired) electrons. The van der Waals surface area contributed by atoms with Gasteiger partial charge in [0.15, 0.2) is 0 Å². The fraction of sp³-hybridized carbons (Fsp3) is 0.333. The van der Waals surface area contributed by atoms with E-state index in [4.69, 9.17) is 21.6 Å². The monoisotopic (exact) mass is 253 g/mol. The Labute approximate surface area is 105 Å². The average molecular weight is 254 g/mol. The molecule has 4 nitrogen and oxygen atoms in total. The topological polar surface area (TPSA) is 59.3 Å². The van der Waals surface area contributed by atoms with Crippen LogP contribution in [0.1, 0.15) is 16.7 Å². The SMILES string of the molecule is COC(=O)Cc1ccc(OC)c(C#N)c1CCl. The van der Waals surface area contributed by atoms with Crippen LogP contribution in [0.5, 0.6) is 5.75 Å². The number of halogens is 1. The van der Waals surface area contributed by atoms with E-state index >= 15 is 0 Å². The van der Waals surface area contributed by atoms with Crippen molar-refractivity contribution in [2.75, 3.05) is 14.2 Å². The Morgan fingerprint density at radius 2 is 2.18 bits per heavy atom. The van der Waals surface area contributed by atoms with Crippen LogP contribution in [0.2, 0.25) is 0 Å². The third kappa shape index (κ3) is 2.89. The smallest absolute Gasteiger partial charge is 0.309 e. The quantitative estimate of drug-likeness (QED) is 0.608. The van der Waals surface area contributed by atoms with Crippen LogP contribution in [0.15, 0.2) is 12.1 Å². The molecule has 1 aromatic carbocycles. The highest BCUT2D eigenvalue weighted by molar-refractivity contribution is 6.17. The van der Waals surface area contributed by atoms with Gasteiger partial charge in [-0.2, -0.15) is 5.26 Å². The number of hydrogen-bond donors (Lipinski definition) is 0. The molecule has 0 aliphatic rings. The molecule has 90 valence electrons. The normalized spacial score (nSPS) is 9.53. The predicted molar refractivity (Wildman–Crippen MR) is 63.0 cm³/mol. The highest BCUT2D eigenvalue weighted by Crippen LogP contribution is 2.26. The first-order valence-corrected chi connectivity index (χ1v) is 5.43. The number of hydrogen-bond acceptors (Lipinski definition) is 4. The number of esters is 1. The van der Waals surface area contributed by atoms with Gasteiger partial charge in [-0.15, -0.1) is 11.6 Å². The summed E-state index contributed by atoms with van der Waals surface area (Å²) in [5.74, 6) is 0.231. The van der Waals surface area contributed by atoms with Crippen LogP contribution in [0.25, 0.3) is 0 Å². The number of rotatable bonds is 4. The first-order chi connectivity index (χ1) is 8.17. The molecule has 1 aromatic rings. The molecule has 0 saturated carbocycles. The van der Waals surface area contributed by atoms with E-state index in [-0.39, 0.29) is 18.3 Å². The zero-order chi connectivity index (χ0) is 12.8. The number of methoxy groups -OCH3 is 2. The van der Waals surface area contributed by atoms with Gasteiger partial charge in [0.2, 0.25) is 0 Å². The van der Waals surface area contributed by atoms with Crippen molar-refractivity contribution in [2.45, 2.75) is 12.3 Å². The van der Waals surface area contributed by atoms with Gasteiger partial charge in [0.05, 0.1) is 26.2 Å². The fourth-order valence-electron chi connectivity index (χ4n) is 1.51. The summed E-state index contributed by atoms with van der Waals surface area (Å²) in [5, 5.41) is 9.07. The minimum atomic E-state index is -0.370. The van der Waals surface area contributed by atoms with E-state index in [1.807, 2.05) is 6.07 Å². The second-order valence-electron chi connectivity index (χ2n) is 3.28. The standard InChI is InChI=1S/C12H12ClNO3/c1-16-11-4-3-8(5-12(15)17-2)9(6-13)10(11)7-14/h3-4H,5-6H2,1-2H3. The fourth-order valence-corrected chi connectivity index (χ4v) is 1.81. The van der Waals surface area contributed by atoms with Crippen molar-refractivity contribution in [3.8, 4) is 11.8 Å². The van der Waals surface area contributed by atoms with E-state index in [0.717, 1.165) is 0 Å². The summed E-state index contributed by atoms with van der Waals surface area (Å²) >= 11 is 5.81. The Kier molecular flexibility index (Phi) is 4.80. The van der Waals surface area contributed by atoms with Crippen LogP contribution in [0.4, 0.5) is 0 Å². The summed E-state index contributed by atoms with van der Waals surface area (Å²) in [5.41, 5.74) is 1.66. The lowest BCUT2D eigenvalue weighted by Gasteiger charge is -2.11. The minimum Gasteiger partial charge on any atom is -0.495 e. The van der Waals surface area contributed by atoms with Crippen molar-refractivity contribution in [2.24, 2.45) is 0 Å². The first-order valence-electron chi connectivity index (χ1n) is 4.89. The number of nitriles is 1. The molecular formula is C12H12ClNO3. The van der Waals surface area contributed by atoms with Crippen molar-refractivity contribution < 1.29 is 14.3 Å². The summed E-state index contributed by atoms with van der Waals surface area (Å²) < 4.78 is 9.66. The van der Waals surface area contributed by atoms with Crippen molar-refractivity contribution in [3.05, 3.63) is 28.8 Å². The highest BCUT2D eigenvalue weighted by atomic mass is 35.5. The van der Waals surface area contributed by atoms with Gasteiger partial charge in [0.1, 0.15) is 11.8 Å². The molecule has 0 bridgehead atoms. The Hall–Kier alpha value is -1.73. The maximum atomic E-state index is 11.2. The van der Waals surface area contributed by atoms with Crippen LogP contribution in [0, 0.1) is 11.3 Å². The molecule has 1 rings (SSSR count). The molecule has 0 aliphatic heterocycles. The van der Waals surface area contributed by atoms with Crippen molar-refractivity contribution in [1.82, 2.24) is 0 Å². The maximum Gasteiger partial charge on any atom is 0.309 e. The maximum absolute atomic E-state index is 11.2. The molecule has 0 aromatic heterocycles. The van der Waals surface area contributed by atoms with Gasteiger partial charge in [0, 0.05) is 5.88 Å². The van der Waals surface area contributed by atoms with Crippen LogP contribution in [-0.4, -0.2) is 20.2 Å². The summed E-state index contributed by atoms with van der Waals surface area (Å²) in [4.78, 5) is 11.2. The third-order valence-corrected chi connectivity index (χ3v) is 2.67. The molecule has 0 N–H and O–H groups in total. The van der Waals surface area contributed by atoms with E-state index < -0.39 is 0 Å². The second kappa shape index (κ2) is 6.12. The Bertz CT molecular complexity index is 466. The van der Waals surface area contributed by atoms with Crippen LogP contribution >= 0.6 is 11.6 Å². The van der Waals surface area contributed by atoms with Gasteiger partial charge in [-0.05, 0) is 17.2 Å². The van der Waals surface area contributed by atoms with Crippen LogP contribution in [0.3, 0.4) is 0 Å². The van der Waals surface area contributed by atoms with Gasteiger partial charge >= 0.3 is 5.97 Å². The third-order valence-electron chi connectivity index (χ3n) is 2.40. The summed E-state index contributed by atoms with van der Waals surface area (Å²) in [6.45, 7) is 0. The summed E-state index contributed by atoms with van der Waals surface area (Å²) in [7, 11) is 2.80. The predicted octanol–water partition coefficient (Wildman–Crippen LogP) is 2.02. The largest absolute Gasteiger partial charge is 0.495 e. The van der Waals surface area contributed by atoms with Crippen LogP contribution in [-0.2, 0) is 21.8 Å². The molecule has 0 fully saturated rings. The average Bonchev–Trinajstić information content (AvgIpc) is 2.37. The van der Waals surface area contributed by atoms with E-state index in [2.05, 4.69) is 4.74 Å². The van der Waals surface area contributed by atoms with Gasteiger partial charge in [-0.3, -0.25) is 4.79 Å². The van der Waals surface area contributed by atoms with Crippen molar-refractivity contribution >= 4 is 17.6 Å². The molecule has 0 aliphatic carbocycles. The Balaban J connectivity index is 3.24. The van der Waals surface area contributed by atoms with Crippen LogP contribution < -0.4 is 4.74 Å². The van der Waals surface area contributed by atoms with Gasteiger partial charge < -0.3 is 9.47 Å². The van der Waals surface area contributed by atoms with E-state index in [9.17, 15) is 4.79 Å². The minimum absolute atomic E-state index is 0.0945. The lowest BCUT2D eigenvalue weighted by atomic mass is 9.99. The molecule has 0 saturated heterocycles. The molecule has 0 atom stereocenters. The Morgan fingerprint density at radius 3 is 2.65 bits per heavy atom. The number of alkyl halides is 1. The zero-order valence-corrected chi connectivity index (χ0v) is 10.4. The first kappa shape index (κ1) is 13.3. The number of ether oxygens (including phenoxy) is 2. The molecule has 17 heavy (non-hydrogen) atoms. The molecule has 0 spiro atoms. The van der Waals surface area contributed by atoms with Gasteiger partial charge in [-0.1, -0.05) is 6.07 Å². The van der Waals surface area contributed by atoms with E-state index in [0.29, 0.717) is 22.4 Å². The molecular weight excluding hydrogens is 242 g/mol. The van der Waals surface area contributed by atoms with E-state index in [1.54, 1.807) is 12.1 Å². The summed E-state index contributed by atoms with van der Waals surface area (Å²) in [6.07, 6.45) is 0.0945. The zero-order valence-electron chi connectivity index (χ0n) is 9.62. The van der Waals surface area contributed by atoms with E-state index in [1.165, 1.54) is 14.2 Å². The number of benzene rings is 1. The molecule has 5 heteroatoms. The van der Waals surface area contributed by atoms with Gasteiger partial charge in [0.25, 0.3) is 0 Å². The molecule has 0 amide bonds. The van der Waals surface area contributed by atoms with Crippen molar-refractivity contribution in [1.29, 1.82) is 5.26 Å². The highest BCUT2D eigenvalue weighted by Gasteiger charge is 2.15.